The predicted octanol–water partition coefficient (Wildman–Crippen LogP) is 4.36. The molecular weight excluding hydrogens is 797 g/mol. The first kappa shape index (κ1) is 46.3. The van der Waals surface area contributed by atoms with Crippen LogP contribution in [0.2, 0.25) is 0 Å². The zero-order valence-corrected chi connectivity index (χ0v) is 38.1. The summed E-state index contributed by atoms with van der Waals surface area (Å²) in [6.45, 7) is 8.75. The van der Waals surface area contributed by atoms with Crippen LogP contribution in [-0.4, -0.2) is 125 Å². The molecule has 0 spiro atoms. The minimum Gasteiger partial charge on any atom is -0.496 e. The third-order valence-corrected chi connectivity index (χ3v) is 14.0. The number of nitrogens with one attached hydrogen (secondary N) is 3. The number of hydroxylamine groups is 2. The number of aliphatic hydroxyl groups is 2. The van der Waals surface area contributed by atoms with Crippen molar-refractivity contribution in [1.82, 2.24) is 20.6 Å². The van der Waals surface area contributed by atoms with E-state index in [1.807, 2.05) is 86.5 Å². The van der Waals surface area contributed by atoms with E-state index in [1.54, 1.807) is 31.2 Å². The molecule has 61 heavy (non-hydrogen) atoms. The van der Waals surface area contributed by atoms with Gasteiger partial charge in [0.25, 0.3) is 5.91 Å². The van der Waals surface area contributed by atoms with E-state index in [0.29, 0.717) is 58.8 Å². The first-order chi connectivity index (χ1) is 28.7. The predicted molar refractivity (Wildman–Crippen MR) is 239 cm³/mol. The van der Waals surface area contributed by atoms with Gasteiger partial charge in [-0.15, -0.1) is 0 Å². The second-order valence-electron chi connectivity index (χ2n) is 18.6. The van der Waals surface area contributed by atoms with E-state index in [2.05, 4.69) is 36.1 Å². The highest BCUT2D eigenvalue weighted by molar-refractivity contribution is 7.92. The SMILES string of the molecule is COc1c(CN2O[C@@H](CO)[C@H]([C@H](C)O)[C@H]2C(=O)N[C@H]2C[C@@H]3C[C@@H]([C@@H]2C)C3(C)C)cccc1-c1cc(C(=O)N[C@@H](Cc2ccccc2NS(C)(=O)=O)CN(C)C)cc(N(C)C)c1. The van der Waals surface area contributed by atoms with Crippen LogP contribution in [0.15, 0.2) is 60.7 Å². The van der Waals surface area contributed by atoms with E-state index in [4.69, 9.17) is 9.57 Å². The Hall–Kier alpha value is -4.25. The Morgan fingerprint density at radius 3 is 2.34 bits per heavy atom. The monoisotopic (exact) mass is 862 g/mol. The Labute approximate surface area is 362 Å². The lowest BCUT2D eigenvalue weighted by molar-refractivity contribution is -0.183. The maximum Gasteiger partial charge on any atom is 0.251 e. The number of hydrogen-bond acceptors (Lipinski definition) is 11. The molecule has 3 aromatic carbocycles. The molecule has 3 aliphatic carbocycles. The highest BCUT2D eigenvalue weighted by atomic mass is 32.2. The molecule has 14 nitrogen and oxygen atoms in total. The number of sulfonamides is 1. The van der Waals surface area contributed by atoms with Gasteiger partial charge >= 0.3 is 0 Å². The highest BCUT2D eigenvalue weighted by Gasteiger charge is 2.57. The molecule has 0 radical (unpaired) electrons. The Kier molecular flexibility index (Phi) is 14.1. The molecule has 4 aliphatic rings. The number of hydrogen-bond donors (Lipinski definition) is 5. The van der Waals surface area contributed by atoms with Crippen molar-refractivity contribution in [2.24, 2.45) is 29.1 Å². The topological polar surface area (TPSA) is 173 Å². The molecule has 0 unspecified atom stereocenters. The molecule has 1 heterocycles. The van der Waals surface area contributed by atoms with Gasteiger partial charge in [0.05, 0.1) is 38.3 Å². The summed E-state index contributed by atoms with van der Waals surface area (Å²) < 4.78 is 33.0. The number of carbonyl (C=O) groups excluding carboxylic acids is 2. The smallest absolute Gasteiger partial charge is 0.251 e. The van der Waals surface area contributed by atoms with Crippen LogP contribution in [0.3, 0.4) is 0 Å². The Morgan fingerprint density at radius 1 is 1.03 bits per heavy atom. The zero-order chi connectivity index (χ0) is 44.6. The van der Waals surface area contributed by atoms with Crippen molar-refractivity contribution >= 4 is 33.2 Å². The molecule has 15 heteroatoms. The average molecular weight is 863 g/mol. The van der Waals surface area contributed by atoms with E-state index < -0.39 is 34.2 Å². The summed E-state index contributed by atoms with van der Waals surface area (Å²) in [6, 6.07) is 17.3. The van der Waals surface area contributed by atoms with Gasteiger partial charge in [-0.1, -0.05) is 57.2 Å². The Balaban J connectivity index is 1.29. The summed E-state index contributed by atoms with van der Waals surface area (Å²) in [5, 5.41) is 29.5. The number of aliphatic hydroxyl groups excluding tert-OH is 2. The lowest BCUT2D eigenvalue weighted by atomic mass is 9.45. The van der Waals surface area contributed by atoms with Crippen LogP contribution >= 0.6 is 0 Å². The van der Waals surface area contributed by atoms with Crippen LogP contribution in [0.4, 0.5) is 11.4 Å². The fourth-order valence-corrected chi connectivity index (χ4v) is 10.7. The van der Waals surface area contributed by atoms with Crippen molar-refractivity contribution in [3.05, 3.63) is 77.4 Å². The molecule has 9 atom stereocenters. The van der Waals surface area contributed by atoms with Crippen LogP contribution in [0.5, 0.6) is 5.75 Å². The molecular formula is C46H66N6O8S. The van der Waals surface area contributed by atoms with Gasteiger partial charge in [0.15, 0.2) is 0 Å². The van der Waals surface area contributed by atoms with Crippen molar-refractivity contribution < 1.29 is 37.8 Å². The Bertz CT molecular complexity index is 2160. The summed E-state index contributed by atoms with van der Waals surface area (Å²) in [7, 11) is 5.69. The van der Waals surface area contributed by atoms with Gasteiger partial charge in [-0.05, 0) is 98.8 Å². The van der Waals surface area contributed by atoms with Crippen molar-refractivity contribution in [2.75, 3.05) is 64.3 Å². The molecule has 5 N–H and O–H groups in total. The number of para-hydroxylation sites is 2. The van der Waals surface area contributed by atoms with E-state index in [0.717, 1.165) is 29.5 Å². The van der Waals surface area contributed by atoms with Gasteiger partial charge in [0.1, 0.15) is 17.9 Å². The number of fused-ring (bicyclic) bond motifs is 2. The second kappa shape index (κ2) is 18.6. The number of benzene rings is 3. The first-order valence-corrected chi connectivity index (χ1v) is 23.1. The second-order valence-corrected chi connectivity index (χ2v) is 20.3. The number of anilines is 2. The molecule has 7 rings (SSSR count). The molecule has 3 aromatic rings. The number of amides is 2. The maximum absolute atomic E-state index is 14.3. The quantitative estimate of drug-likeness (QED) is 0.131. The average Bonchev–Trinajstić information content (AvgIpc) is 3.56. The first-order valence-electron chi connectivity index (χ1n) is 21.2. The zero-order valence-electron chi connectivity index (χ0n) is 37.3. The molecule has 2 bridgehead atoms. The molecule has 1 saturated heterocycles. The third kappa shape index (κ3) is 10.2. The van der Waals surface area contributed by atoms with Gasteiger partial charge in [-0.2, -0.15) is 5.06 Å². The van der Waals surface area contributed by atoms with E-state index in [-0.39, 0.29) is 42.5 Å². The molecule has 1 aliphatic heterocycles. The fourth-order valence-electron chi connectivity index (χ4n) is 10.1. The van der Waals surface area contributed by atoms with Crippen LogP contribution < -0.4 is 25.0 Å². The van der Waals surface area contributed by atoms with Crippen LogP contribution in [0.25, 0.3) is 11.1 Å². The molecule has 2 amide bonds. The third-order valence-electron chi connectivity index (χ3n) is 13.4. The molecule has 3 saturated carbocycles. The summed E-state index contributed by atoms with van der Waals surface area (Å²) in [6.07, 6.45) is 1.85. The number of carbonyl (C=O) groups is 2. The summed E-state index contributed by atoms with van der Waals surface area (Å²) >= 11 is 0. The van der Waals surface area contributed by atoms with E-state index in [1.165, 1.54) is 6.42 Å². The van der Waals surface area contributed by atoms with Crippen molar-refractivity contribution in [2.45, 2.75) is 83.8 Å². The van der Waals surface area contributed by atoms with Gasteiger partial charge in [0.2, 0.25) is 15.9 Å². The number of rotatable bonds is 17. The van der Waals surface area contributed by atoms with Gasteiger partial charge in [-0.25, -0.2) is 8.42 Å². The highest BCUT2D eigenvalue weighted by Crippen LogP contribution is 2.61. The number of nitrogens with zero attached hydrogens (tertiary/aromatic N) is 3. The molecule has 334 valence electrons. The standard InChI is InChI=1S/C46H66N6O8S/c1-27-37-22-33(46(37,3)4)23-39(27)48-45(56)42-41(28(2)54)40(26-53)60-52(42)24-30-15-13-16-36(43(30)59-9)31-18-32(21-35(20-31)51(7)8)44(55)47-34(25-50(5)6)19-29-14-11-12-17-38(29)49-61(10,57)58/h11-18,20-21,27-28,33-34,37,39-42,49,53-54H,19,22-26H2,1-10H3,(H,47,55)(H,48,56)/t27-,28-,33-,34-,37-,39-,40-,41-,42-/m0/s1. The summed E-state index contributed by atoms with van der Waals surface area (Å²) in [5.41, 5.74) is 4.82. The van der Waals surface area contributed by atoms with E-state index >= 15 is 0 Å². The summed E-state index contributed by atoms with van der Waals surface area (Å²) in [4.78, 5) is 38.8. The van der Waals surface area contributed by atoms with Crippen LogP contribution in [0.1, 0.15) is 62.0 Å². The lowest BCUT2D eigenvalue weighted by Gasteiger charge is -2.62. The minimum absolute atomic E-state index is 0.00745. The normalized spacial score (nSPS) is 25.6. The van der Waals surface area contributed by atoms with Crippen LogP contribution in [0, 0.1) is 29.1 Å². The number of ether oxygens (including phenoxy) is 1. The van der Waals surface area contributed by atoms with Crippen LogP contribution in [-0.2, 0) is 32.6 Å². The maximum atomic E-state index is 14.3. The summed E-state index contributed by atoms with van der Waals surface area (Å²) in [5.74, 6) is 0.700. The van der Waals surface area contributed by atoms with Crippen molar-refractivity contribution in [1.29, 1.82) is 0 Å². The molecule has 4 fully saturated rings. The number of methoxy groups -OCH3 is 1. The molecule has 0 aromatic heterocycles. The largest absolute Gasteiger partial charge is 0.496 e. The Morgan fingerprint density at radius 2 is 1.74 bits per heavy atom. The van der Waals surface area contributed by atoms with Gasteiger partial charge in [-0.3, -0.25) is 19.1 Å². The lowest BCUT2D eigenvalue weighted by Crippen LogP contribution is -2.62. The van der Waals surface area contributed by atoms with Crippen molar-refractivity contribution in [3.63, 3.8) is 0 Å². The fraction of sp³-hybridized carbons (Fsp3) is 0.565. The number of likely N-dealkylation sites (N-methyl/N-ethyl adjacent to an activating group) is 1. The minimum atomic E-state index is -3.52. The van der Waals surface area contributed by atoms with Crippen molar-refractivity contribution in [3.8, 4) is 16.9 Å². The van der Waals surface area contributed by atoms with E-state index in [9.17, 15) is 28.2 Å². The van der Waals surface area contributed by atoms with Gasteiger partial charge in [0, 0.05) is 61.0 Å². The van der Waals surface area contributed by atoms with Gasteiger partial charge < -0.3 is 35.4 Å².